The molecule has 3 aromatic rings. The summed E-state index contributed by atoms with van der Waals surface area (Å²) in [4.78, 5) is 17.5. The smallest absolute Gasteiger partial charge is 0.395 e. The maximum Gasteiger partial charge on any atom is 0.586 e. The molecule has 0 spiro atoms. The molecule has 0 saturated carbocycles. The first-order chi connectivity index (χ1) is 15.7. The van der Waals surface area contributed by atoms with Gasteiger partial charge in [0, 0.05) is 41.6 Å². The van der Waals surface area contributed by atoms with Gasteiger partial charge in [-0.05, 0) is 6.07 Å². The third kappa shape index (κ3) is 6.05. The summed E-state index contributed by atoms with van der Waals surface area (Å²) in [5, 5.41) is 26.6. The number of nitrogens with one attached hydrogen (secondary N) is 3. The minimum absolute atomic E-state index is 0.0393. The number of fused-ring (bicyclic) bond motifs is 1. The number of H-pyrrole nitrogens is 1. The van der Waals surface area contributed by atoms with Crippen LogP contribution in [-0.4, -0.2) is 34.3 Å². The molecule has 3 heterocycles. The molecule has 11 nitrogen and oxygen atoms in total. The zero-order chi connectivity index (χ0) is 24.0. The summed E-state index contributed by atoms with van der Waals surface area (Å²) in [6, 6.07) is 6.51. The van der Waals surface area contributed by atoms with Gasteiger partial charge in [-0.3, -0.25) is 0 Å². The van der Waals surface area contributed by atoms with Crippen LogP contribution >= 0.6 is 22.9 Å². The first-order valence-electron chi connectivity index (χ1n) is 8.93. The lowest BCUT2D eigenvalue weighted by Crippen LogP contribution is -2.34. The van der Waals surface area contributed by atoms with Crippen LogP contribution in [0.4, 0.5) is 8.78 Å². The van der Waals surface area contributed by atoms with Crippen molar-refractivity contribution >= 4 is 28.9 Å². The molecule has 0 unspecified atom stereocenters. The highest BCUT2D eigenvalue weighted by molar-refractivity contribution is 7.15. The topological polar surface area (TPSA) is 150 Å². The fourth-order valence-electron chi connectivity index (χ4n) is 2.65. The lowest BCUT2D eigenvalue weighted by molar-refractivity contribution is -0.485. The lowest BCUT2D eigenvalue weighted by atomic mass is 10.0. The molecule has 0 fully saturated rings. The summed E-state index contributed by atoms with van der Waals surface area (Å²) >= 11 is 6.92. The van der Waals surface area contributed by atoms with E-state index < -0.39 is 11.3 Å². The molecule has 1 aromatic carbocycles. The van der Waals surface area contributed by atoms with E-state index in [-0.39, 0.29) is 17.5 Å². The molecule has 15 heteroatoms. The highest BCUT2D eigenvalue weighted by Gasteiger charge is 2.44. The van der Waals surface area contributed by atoms with E-state index in [9.17, 15) is 18.9 Å². The Labute approximate surface area is 193 Å². The monoisotopic (exact) mass is 497 g/mol. The van der Waals surface area contributed by atoms with Crippen molar-refractivity contribution in [2.45, 2.75) is 12.8 Å². The van der Waals surface area contributed by atoms with E-state index in [1.807, 2.05) is 6.07 Å². The Hall–Kier alpha value is -3.96. The van der Waals surface area contributed by atoms with Crippen molar-refractivity contribution < 1.29 is 23.3 Å². The van der Waals surface area contributed by atoms with E-state index in [0.29, 0.717) is 27.7 Å². The van der Waals surface area contributed by atoms with Gasteiger partial charge in [0.25, 0.3) is 5.96 Å². The summed E-state index contributed by atoms with van der Waals surface area (Å²) in [5.74, 6) is -0.00860. The molecule has 0 saturated heterocycles. The standard InChI is InChI=1S/C12H6F2N2O2.C6H8ClN5O2S/c13-12(14)17-10-3-1-2-8(11(10)18-12)9-6-16-5-7(9)4-15;1-8-6(11-12(13)14)10-3-4-2-9-5(7)15-4/h1-3,5-6,16H;2H,3H2,1H3,(H2,8,10,11). The molecular formula is C18H14ClF2N7O4S. The van der Waals surface area contributed by atoms with Crippen molar-refractivity contribution in [2.75, 3.05) is 7.05 Å². The number of ether oxygens (including phenoxy) is 2. The first-order valence-corrected chi connectivity index (χ1v) is 10.1. The third-order valence-electron chi connectivity index (χ3n) is 3.96. The number of aromatic nitrogens is 2. The predicted molar refractivity (Wildman–Crippen MR) is 115 cm³/mol. The highest BCUT2D eigenvalue weighted by Crippen LogP contribution is 2.47. The largest absolute Gasteiger partial charge is 0.586 e. The van der Waals surface area contributed by atoms with Gasteiger partial charge >= 0.3 is 6.29 Å². The Kier molecular flexibility index (Phi) is 7.26. The molecular weight excluding hydrogens is 484 g/mol. The summed E-state index contributed by atoms with van der Waals surface area (Å²) < 4.78 is 35.3. The third-order valence-corrected chi connectivity index (χ3v) is 5.07. The maximum atomic E-state index is 13.0. The summed E-state index contributed by atoms with van der Waals surface area (Å²) in [7, 11) is 1.54. The molecule has 0 amide bonds. The number of rotatable bonds is 4. The van der Waals surface area contributed by atoms with Crippen LogP contribution in [-0.2, 0) is 6.54 Å². The quantitative estimate of drug-likeness (QED) is 0.214. The molecule has 1 aliphatic heterocycles. The summed E-state index contributed by atoms with van der Waals surface area (Å²) in [6.07, 6.45) is 0.970. The Morgan fingerprint density at radius 3 is 2.85 bits per heavy atom. The van der Waals surface area contributed by atoms with E-state index >= 15 is 0 Å². The molecule has 2 aromatic heterocycles. The fourth-order valence-corrected chi connectivity index (χ4v) is 3.57. The zero-order valence-electron chi connectivity index (χ0n) is 16.6. The van der Waals surface area contributed by atoms with Crippen LogP contribution in [0.3, 0.4) is 0 Å². The number of nitro groups is 1. The highest BCUT2D eigenvalue weighted by atomic mass is 35.5. The van der Waals surface area contributed by atoms with E-state index in [0.717, 1.165) is 4.88 Å². The van der Waals surface area contributed by atoms with E-state index in [2.05, 4.69) is 35.2 Å². The number of hydrogen-bond donors (Lipinski definition) is 3. The van der Waals surface area contributed by atoms with Gasteiger partial charge in [-0.25, -0.2) is 15.1 Å². The normalized spacial score (nSPS) is 13.5. The van der Waals surface area contributed by atoms with Gasteiger partial charge < -0.3 is 25.1 Å². The number of guanidine groups is 1. The number of hydrogen-bond acceptors (Lipinski definition) is 7. The second-order valence-corrected chi connectivity index (χ2v) is 7.76. The Balaban J connectivity index is 0.000000190. The maximum absolute atomic E-state index is 13.0. The van der Waals surface area contributed by atoms with Gasteiger partial charge in [0.1, 0.15) is 11.2 Å². The second kappa shape index (κ2) is 10.1. The predicted octanol–water partition coefficient (Wildman–Crippen LogP) is 3.53. The van der Waals surface area contributed by atoms with Gasteiger partial charge in [-0.15, -0.1) is 20.1 Å². The summed E-state index contributed by atoms with van der Waals surface area (Å²) in [5.41, 5.74) is 1.24. The second-order valence-electron chi connectivity index (χ2n) is 6.06. The van der Waals surface area contributed by atoms with Crippen molar-refractivity contribution in [3.63, 3.8) is 0 Å². The molecule has 172 valence electrons. The number of hydrazone groups is 1. The van der Waals surface area contributed by atoms with Crippen LogP contribution in [0.15, 0.2) is 41.9 Å². The number of para-hydroxylation sites is 1. The molecule has 0 aliphatic carbocycles. The number of aromatic amines is 1. The van der Waals surface area contributed by atoms with Gasteiger partial charge in [0.2, 0.25) is 0 Å². The van der Waals surface area contributed by atoms with Crippen LogP contribution in [0.2, 0.25) is 4.47 Å². The van der Waals surface area contributed by atoms with Crippen molar-refractivity contribution in [3.05, 3.63) is 61.8 Å². The van der Waals surface area contributed by atoms with E-state index in [4.69, 9.17) is 16.9 Å². The Bertz CT molecular complexity index is 1220. The van der Waals surface area contributed by atoms with Crippen LogP contribution in [0, 0.1) is 21.4 Å². The number of halogens is 3. The van der Waals surface area contributed by atoms with Gasteiger partial charge in [0.05, 0.1) is 12.1 Å². The van der Waals surface area contributed by atoms with Crippen molar-refractivity contribution in [3.8, 4) is 28.7 Å². The molecule has 1 aliphatic rings. The minimum Gasteiger partial charge on any atom is -0.395 e. The number of nitrogens with zero attached hydrogens (tertiary/aromatic N) is 4. The van der Waals surface area contributed by atoms with Crippen LogP contribution in [0.5, 0.6) is 11.5 Å². The van der Waals surface area contributed by atoms with Crippen LogP contribution in [0.1, 0.15) is 10.4 Å². The average Bonchev–Trinajstić information content (AvgIpc) is 3.47. The number of thiazole rings is 1. The van der Waals surface area contributed by atoms with Gasteiger partial charge in [-0.2, -0.15) is 5.26 Å². The molecule has 0 bridgehead atoms. The molecule has 33 heavy (non-hydrogen) atoms. The van der Waals surface area contributed by atoms with Gasteiger partial charge in [0.15, 0.2) is 21.0 Å². The molecule has 0 atom stereocenters. The number of benzene rings is 1. The first kappa shape index (κ1) is 23.7. The molecule has 0 radical (unpaired) electrons. The lowest BCUT2D eigenvalue weighted by Gasteiger charge is -2.06. The van der Waals surface area contributed by atoms with Crippen LogP contribution in [0.25, 0.3) is 11.1 Å². The molecule has 3 N–H and O–H groups in total. The van der Waals surface area contributed by atoms with Crippen molar-refractivity contribution in [1.82, 2.24) is 20.6 Å². The van der Waals surface area contributed by atoms with Gasteiger partial charge in [-0.1, -0.05) is 23.7 Å². The van der Waals surface area contributed by atoms with Crippen molar-refractivity contribution in [1.29, 1.82) is 5.26 Å². The van der Waals surface area contributed by atoms with Crippen LogP contribution < -0.4 is 20.1 Å². The van der Waals surface area contributed by atoms with E-state index in [1.54, 1.807) is 24.5 Å². The Morgan fingerprint density at radius 2 is 2.21 bits per heavy atom. The Morgan fingerprint density at radius 1 is 1.42 bits per heavy atom. The average molecular weight is 498 g/mol. The molecule has 4 rings (SSSR count). The summed E-state index contributed by atoms with van der Waals surface area (Å²) in [6.45, 7) is 0.387. The number of alkyl halides is 2. The van der Waals surface area contributed by atoms with E-state index in [1.165, 1.54) is 30.6 Å². The minimum atomic E-state index is -3.67. The van der Waals surface area contributed by atoms with Crippen molar-refractivity contribution in [2.24, 2.45) is 5.10 Å². The zero-order valence-corrected chi connectivity index (χ0v) is 18.2. The fraction of sp³-hybridized carbons (Fsp3) is 0.167. The number of nitriles is 1. The SMILES string of the molecule is CNC(=N[N+](=O)[O-])NCc1cnc(Cl)s1.N#Cc1c[nH]cc1-c1cccc2c1OC(F)(F)O2.